The topological polar surface area (TPSA) is 9.23 Å². The van der Waals surface area contributed by atoms with Crippen molar-refractivity contribution in [2.45, 2.75) is 37.4 Å². The molecule has 2 rings (SSSR count). The molecule has 1 aromatic rings. The first-order valence-electron chi connectivity index (χ1n) is 6.10. The number of aryl methyl sites for hydroxylation is 1. The Kier molecular flexibility index (Phi) is 4.53. The van der Waals surface area contributed by atoms with E-state index in [-0.39, 0.29) is 0 Å². The van der Waals surface area contributed by atoms with Crippen molar-refractivity contribution in [2.24, 2.45) is 5.92 Å². The largest absolute Gasteiger partial charge is 0.496 e. The van der Waals surface area contributed by atoms with Crippen molar-refractivity contribution in [2.75, 3.05) is 7.11 Å². The lowest BCUT2D eigenvalue weighted by Crippen LogP contribution is -2.13. The third kappa shape index (κ3) is 3.05. The maximum atomic E-state index is 5.48. The van der Waals surface area contributed by atoms with Crippen LogP contribution in [0.5, 0.6) is 5.75 Å². The summed E-state index contributed by atoms with van der Waals surface area (Å²) >= 11 is 7.41. The summed E-state index contributed by atoms with van der Waals surface area (Å²) < 4.78 is 6.64. The molecule has 0 radical (unpaired) electrons. The second-order valence-electron chi connectivity index (χ2n) is 4.84. The molecule has 1 atom stereocenters. The van der Waals surface area contributed by atoms with Gasteiger partial charge in [0.1, 0.15) is 5.75 Å². The highest BCUT2D eigenvalue weighted by Gasteiger charge is 2.23. The molecule has 0 aromatic heterocycles. The van der Waals surface area contributed by atoms with Crippen molar-refractivity contribution < 1.29 is 4.74 Å². The molecule has 1 unspecified atom stereocenters. The SMILES string of the molecule is COc1cc(C)c(Br)cc1C(Br)CC1CCC1. The van der Waals surface area contributed by atoms with Crippen molar-refractivity contribution in [3.05, 3.63) is 27.7 Å². The summed E-state index contributed by atoms with van der Waals surface area (Å²) in [5.74, 6) is 1.89. The van der Waals surface area contributed by atoms with Gasteiger partial charge >= 0.3 is 0 Å². The molecular formula is C14H18Br2O. The summed E-state index contributed by atoms with van der Waals surface area (Å²) in [6.07, 6.45) is 5.39. The van der Waals surface area contributed by atoms with Gasteiger partial charge in [-0.25, -0.2) is 0 Å². The summed E-state index contributed by atoms with van der Waals surface area (Å²) in [6.45, 7) is 2.09. The van der Waals surface area contributed by atoms with Gasteiger partial charge in [-0.05, 0) is 37.0 Å². The van der Waals surface area contributed by atoms with Crippen LogP contribution in [0.4, 0.5) is 0 Å². The Morgan fingerprint density at radius 1 is 1.41 bits per heavy atom. The minimum atomic E-state index is 0.402. The number of halogens is 2. The summed E-state index contributed by atoms with van der Waals surface area (Å²) in [5.41, 5.74) is 2.48. The van der Waals surface area contributed by atoms with Crippen molar-refractivity contribution in [3.63, 3.8) is 0 Å². The number of rotatable bonds is 4. The third-order valence-electron chi connectivity index (χ3n) is 3.61. The van der Waals surface area contributed by atoms with E-state index in [1.54, 1.807) is 7.11 Å². The van der Waals surface area contributed by atoms with Crippen LogP contribution in [0.2, 0.25) is 0 Å². The Bertz CT molecular complexity index is 399. The maximum Gasteiger partial charge on any atom is 0.123 e. The van der Waals surface area contributed by atoms with Crippen LogP contribution in [0.25, 0.3) is 0 Å². The van der Waals surface area contributed by atoms with Gasteiger partial charge in [-0.3, -0.25) is 0 Å². The number of hydrogen-bond donors (Lipinski definition) is 0. The lowest BCUT2D eigenvalue weighted by Gasteiger charge is -2.28. The molecule has 0 spiro atoms. The van der Waals surface area contributed by atoms with Gasteiger partial charge in [-0.2, -0.15) is 0 Å². The molecule has 1 aliphatic carbocycles. The highest BCUT2D eigenvalue weighted by Crippen LogP contribution is 2.42. The molecule has 0 bridgehead atoms. The first-order valence-corrected chi connectivity index (χ1v) is 7.80. The molecule has 94 valence electrons. The molecule has 0 heterocycles. The Balaban J connectivity index is 2.19. The number of hydrogen-bond acceptors (Lipinski definition) is 1. The Labute approximate surface area is 120 Å². The highest BCUT2D eigenvalue weighted by molar-refractivity contribution is 9.10. The van der Waals surface area contributed by atoms with Gasteiger partial charge in [0, 0.05) is 14.9 Å². The van der Waals surface area contributed by atoms with E-state index in [0.717, 1.165) is 16.1 Å². The van der Waals surface area contributed by atoms with Crippen LogP contribution >= 0.6 is 31.9 Å². The van der Waals surface area contributed by atoms with Crippen LogP contribution < -0.4 is 4.74 Å². The summed E-state index contributed by atoms with van der Waals surface area (Å²) in [5, 5.41) is 0. The molecule has 1 aromatic carbocycles. The van der Waals surface area contributed by atoms with Gasteiger partial charge in [0.25, 0.3) is 0 Å². The van der Waals surface area contributed by atoms with E-state index < -0.39 is 0 Å². The minimum absolute atomic E-state index is 0.402. The van der Waals surface area contributed by atoms with Crippen LogP contribution in [-0.4, -0.2) is 7.11 Å². The predicted molar refractivity (Wildman–Crippen MR) is 79.1 cm³/mol. The number of alkyl halides is 1. The van der Waals surface area contributed by atoms with Gasteiger partial charge < -0.3 is 4.74 Å². The normalized spacial score (nSPS) is 17.6. The van der Waals surface area contributed by atoms with Gasteiger partial charge in [0.2, 0.25) is 0 Å². The van der Waals surface area contributed by atoms with Crippen LogP contribution in [0.15, 0.2) is 16.6 Å². The molecule has 1 fully saturated rings. The maximum absolute atomic E-state index is 5.48. The van der Waals surface area contributed by atoms with E-state index in [0.29, 0.717) is 4.83 Å². The van der Waals surface area contributed by atoms with Crippen molar-refractivity contribution in [1.82, 2.24) is 0 Å². The van der Waals surface area contributed by atoms with E-state index in [2.05, 4.69) is 50.9 Å². The zero-order valence-corrected chi connectivity index (χ0v) is 13.5. The monoisotopic (exact) mass is 360 g/mol. The van der Waals surface area contributed by atoms with Crippen LogP contribution in [0.1, 0.15) is 41.6 Å². The quantitative estimate of drug-likeness (QED) is 0.653. The molecule has 1 aliphatic rings. The standard InChI is InChI=1S/C14H18Br2O/c1-9-6-14(17-2)11(8-12(9)15)13(16)7-10-4-3-5-10/h6,8,10,13H,3-5,7H2,1-2H3. The molecule has 0 amide bonds. The number of methoxy groups -OCH3 is 1. The highest BCUT2D eigenvalue weighted by atomic mass is 79.9. The molecule has 1 nitrogen and oxygen atoms in total. The number of benzene rings is 1. The zero-order chi connectivity index (χ0) is 12.4. The number of ether oxygens (including phenoxy) is 1. The second kappa shape index (κ2) is 5.75. The fourth-order valence-electron chi connectivity index (χ4n) is 2.24. The zero-order valence-electron chi connectivity index (χ0n) is 10.3. The third-order valence-corrected chi connectivity index (χ3v) is 5.33. The Morgan fingerprint density at radius 2 is 2.12 bits per heavy atom. The van der Waals surface area contributed by atoms with E-state index in [9.17, 15) is 0 Å². The van der Waals surface area contributed by atoms with Gasteiger partial charge in [-0.1, -0.05) is 51.1 Å². The predicted octanol–water partition coefficient (Wildman–Crippen LogP) is 5.39. The Hall–Kier alpha value is -0.0200. The van der Waals surface area contributed by atoms with E-state index in [1.807, 2.05) is 0 Å². The molecule has 1 saturated carbocycles. The molecule has 0 N–H and O–H groups in total. The van der Waals surface area contributed by atoms with Crippen molar-refractivity contribution in [3.8, 4) is 5.75 Å². The van der Waals surface area contributed by atoms with Gasteiger partial charge in [0.15, 0.2) is 0 Å². The summed E-state index contributed by atoms with van der Waals surface area (Å²) in [7, 11) is 1.75. The van der Waals surface area contributed by atoms with Crippen LogP contribution in [0.3, 0.4) is 0 Å². The average molecular weight is 362 g/mol. The lowest BCUT2D eigenvalue weighted by atomic mass is 9.81. The average Bonchev–Trinajstić information content (AvgIpc) is 2.26. The first-order chi connectivity index (χ1) is 8.11. The van der Waals surface area contributed by atoms with Gasteiger partial charge in [-0.15, -0.1) is 0 Å². The lowest BCUT2D eigenvalue weighted by molar-refractivity contribution is 0.294. The van der Waals surface area contributed by atoms with Crippen LogP contribution in [-0.2, 0) is 0 Å². The smallest absolute Gasteiger partial charge is 0.123 e. The minimum Gasteiger partial charge on any atom is -0.496 e. The van der Waals surface area contributed by atoms with E-state index in [1.165, 1.54) is 36.8 Å². The molecule has 17 heavy (non-hydrogen) atoms. The first kappa shape index (κ1) is 13.4. The Morgan fingerprint density at radius 3 is 2.65 bits per heavy atom. The van der Waals surface area contributed by atoms with E-state index >= 15 is 0 Å². The van der Waals surface area contributed by atoms with E-state index in [4.69, 9.17) is 4.74 Å². The fourth-order valence-corrected chi connectivity index (χ4v) is 3.49. The fraction of sp³-hybridized carbons (Fsp3) is 0.571. The van der Waals surface area contributed by atoms with Gasteiger partial charge in [0.05, 0.1) is 7.11 Å². The van der Waals surface area contributed by atoms with Crippen molar-refractivity contribution in [1.29, 1.82) is 0 Å². The molecule has 3 heteroatoms. The second-order valence-corrected chi connectivity index (χ2v) is 6.80. The molecule has 0 saturated heterocycles. The van der Waals surface area contributed by atoms with Crippen molar-refractivity contribution >= 4 is 31.9 Å². The summed E-state index contributed by atoms with van der Waals surface area (Å²) in [6, 6.07) is 4.29. The summed E-state index contributed by atoms with van der Waals surface area (Å²) in [4.78, 5) is 0.402. The molecular weight excluding hydrogens is 344 g/mol. The molecule has 0 aliphatic heterocycles. The van der Waals surface area contributed by atoms with Crippen LogP contribution in [0, 0.1) is 12.8 Å².